The van der Waals surface area contributed by atoms with Crippen molar-refractivity contribution in [3.63, 3.8) is 0 Å². The summed E-state index contributed by atoms with van der Waals surface area (Å²) in [5.74, 6) is 0.850. The quantitative estimate of drug-likeness (QED) is 0.666. The Bertz CT molecular complexity index is 167. The first-order valence-corrected chi connectivity index (χ1v) is 7.93. The molecule has 0 spiro atoms. The van der Waals surface area contributed by atoms with Gasteiger partial charge in [0.1, 0.15) is 0 Å². The van der Waals surface area contributed by atoms with Crippen LogP contribution in [0.3, 0.4) is 0 Å². The third kappa shape index (κ3) is 5.15. The average molecular weight is 291 g/mol. The SMILES string of the molecule is CCCC(CBr)CN1CCN(CCC)CC1. The summed E-state index contributed by atoms with van der Waals surface area (Å²) in [6.07, 6.45) is 3.96. The summed E-state index contributed by atoms with van der Waals surface area (Å²) in [5.41, 5.74) is 0. The van der Waals surface area contributed by atoms with E-state index in [1.165, 1.54) is 58.5 Å². The van der Waals surface area contributed by atoms with E-state index in [2.05, 4.69) is 39.6 Å². The Hall–Kier alpha value is 0.400. The Morgan fingerprint density at radius 1 is 1.00 bits per heavy atom. The van der Waals surface area contributed by atoms with Gasteiger partial charge >= 0.3 is 0 Å². The highest BCUT2D eigenvalue weighted by molar-refractivity contribution is 9.09. The van der Waals surface area contributed by atoms with Gasteiger partial charge in [-0.05, 0) is 25.3 Å². The number of halogens is 1. The second-order valence-corrected chi connectivity index (χ2v) is 5.60. The molecule has 96 valence electrons. The van der Waals surface area contributed by atoms with Crippen molar-refractivity contribution in [3.8, 4) is 0 Å². The van der Waals surface area contributed by atoms with Crippen LogP contribution in [0.5, 0.6) is 0 Å². The largest absolute Gasteiger partial charge is 0.301 e. The molecule has 0 saturated carbocycles. The van der Waals surface area contributed by atoms with Gasteiger partial charge in [-0.3, -0.25) is 0 Å². The molecular weight excluding hydrogens is 264 g/mol. The molecule has 1 saturated heterocycles. The first-order chi connectivity index (χ1) is 7.80. The molecule has 3 heteroatoms. The van der Waals surface area contributed by atoms with Crippen LogP contribution in [0.2, 0.25) is 0 Å². The Balaban J connectivity index is 2.20. The summed E-state index contributed by atoms with van der Waals surface area (Å²) in [7, 11) is 0. The average Bonchev–Trinajstić information content (AvgIpc) is 2.31. The van der Waals surface area contributed by atoms with Gasteiger partial charge < -0.3 is 9.80 Å². The van der Waals surface area contributed by atoms with Crippen molar-refractivity contribution < 1.29 is 0 Å². The van der Waals surface area contributed by atoms with E-state index in [9.17, 15) is 0 Å². The highest BCUT2D eigenvalue weighted by Gasteiger charge is 2.18. The molecule has 0 N–H and O–H groups in total. The molecule has 2 nitrogen and oxygen atoms in total. The van der Waals surface area contributed by atoms with Crippen LogP contribution in [0.4, 0.5) is 0 Å². The van der Waals surface area contributed by atoms with Gasteiger partial charge in [0.25, 0.3) is 0 Å². The molecule has 1 fully saturated rings. The monoisotopic (exact) mass is 290 g/mol. The number of rotatable bonds is 7. The van der Waals surface area contributed by atoms with E-state index < -0.39 is 0 Å². The molecule has 0 amide bonds. The number of alkyl halides is 1. The van der Waals surface area contributed by atoms with Crippen molar-refractivity contribution in [3.05, 3.63) is 0 Å². The molecule has 1 heterocycles. The third-order valence-electron chi connectivity index (χ3n) is 3.44. The zero-order valence-electron chi connectivity index (χ0n) is 10.9. The summed E-state index contributed by atoms with van der Waals surface area (Å²) in [6, 6.07) is 0. The van der Waals surface area contributed by atoms with Crippen LogP contribution in [0.25, 0.3) is 0 Å². The van der Waals surface area contributed by atoms with Crippen molar-refractivity contribution in [2.24, 2.45) is 5.92 Å². The maximum absolute atomic E-state index is 3.64. The van der Waals surface area contributed by atoms with E-state index in [1.807, 2.05) is 0 Å². The second kappa shape index (κ2) is 8.48. The van der Waals surface area contributed by atoms with Crippen molar-refractivity contribution in [2.75, 3.05) is 44.6 Å². The maximum atomic E-state index is 3.64. The van der Waals surface area contributed by atoms with E-state index in [0.29, 0.717) is 0 Å². The molecule has 1 unspecified atom stereocenters. The van der Waals surface area contributed by atoms with E-state index >= 15 is 0 Å². The summed E-state index contributed by atoms with van der Waals surface area (Å²) in [5, 5.41) is 1.16. The predicted molar refractivity (Wildman–Crippen MR) is 75.4 cm³/mol. The lowest BCUT2D eigenvalue weighted by Crippen LogP contribution is -2.47. The van der Waals surface area contributed by atoms with Crippen LogP contribution in [-0.2, 0) is 0 Å². The molecule has 0 radical (unpaired) electrons. The third-order valence-corrected chi connectivity index (χ3v) is 4.35. The number of nitrogens with zero attached hydrogens (tertiary/aromatic N) is 2. The van der Waals surface area contributed by atoms with Gasteiger partial charge in [0, 0.05) is 38.1 Å². The first-order valence-electron chi connectivity index (χ1n) is 6.80. The minimum absolute atomic E-state index is 0.850. The lowest BCUT2D eigenvalue weighted by molar-refractivity contribution is 0.119. The summed E-state index contributed by atoms with van der Waals surface area (Å²) in [4.78, 5) is 5.24. The van der Waals surface area contributed by atoms with Crippen molar-refractivity contribution in [2.45, 2.75) is 33.1 Å². The molecule has 1 rings (SSSR count). The maximum Gasteiger partial charge on any atom is 0.0110 e. The smallest absolute Gasteiger partial charge is 0.0110 e. The predicted octanol–water partition coefficient (Wildman–Crippen LogP) is 2.83. The molecule has 1 aliphatic heterocycles. The van der Waals surface area contributed by atoms with Crippen LogP contribution < -0.4 is 0 Å². The minimum atomic E-state index is 0.850. The topological polar surface area (TPSA) is 6.48 Å². The fraction of sp³-hybridized carbons (Fsp3) is 1.00. The van der Waals surface area contributed by atoms with Crippen LogP contribution in [0.1, 0.15) is 33.1 Å². The van der Waals surface area contributed by atoms with Crippen LogP contribution in [0.15, 0.2) is 0 Å². The molecule has 16 heavy (non-hydrogen) atoms. The summed E-state index contributed by atoms with van der Waals surface area (Å²) < 4.78 is 0. The Labute approximate surface area is 109 Å². The fourth-order valence-electron chi connectivity index (χ4n) is 2.50. The molecule has 0 bridgehead atoms. The second-order valence-electron chi connectivity index (χ2n) is 4.95. The van der Waals surface area contributed by atoms with E-state index in [1.54, 1.807) is 0 Å². The molecule has 0 aliphatic carbocycles. The Morgan fingerprint density at radius 3 is 2.12 bits per heavy atom. The Kier molecular flexibility index (Phi) is 7.67. The van der Waals surface area contributed by atoms with Crippen molar-refractivity contribution in [1.82, 2.24) is 9.80 Å². The molecule has 0 aromatic heterocycles. The summed E-state index contributed by atoms with van der Waals surface area (Å²) in [6.45, 7) is 12.2. The van der Waals surface area contributed by atoms with Gasteiger partial charge in [-0.1, -0.05) is 36.2 Å². The van der Waals surface area contributed by atoms with Crippen molar-refractivity contribution >= 4 is 15.9 Å². The van der Waals surface area contributed by atoms with Gasteiger partial charge in [-0.15, -0.1) is 0 Å². The minimum Gasteiger partial charge on any atom is -0.301 e. The highest BCUT2D eigenvalue weighted by atomic mass is 79.9. The van der Waals surface area contributed by atoms with Crippen LogP contribution in [0, 0.1) is 5.92 Å². The molecule has 0 aromatic rings. The fourth-order valence-corrected chi connectivity index (χ4v) is 3.03. The van der Waals surface area contributed by atoms with Gasteiger partial charge in [-0.25, -0.2) is 0 Å². The van der Waals surface area contributed by atoms with Gasteiger partial charge in [0.2, 0.25) is 0 Å². The standard InChI is InChI=1S/C13H27BrN2/c1-3-5-13(11-14)12-16-9-7-15(6-4-2)8-10-16/h13H,3-12H2,1-2H3. The number of piperazine rings is 1. The molecule has 1 aliphatic rings. The van der Waals surface area contributed by atoms with E-state index in [-0.39, 0.29) is 0 Å². The molecule has 0 aromatic carbocycles. The number of hydrogen-bond acceptors (Lipinski definition) is 2. The van der Waals surface area contributed by atoms with E-state index in [4.69, 9.17) is 0 Å². The van der Waals surface area contributed by atoms with Gasteiger partial charge in [-0.2, -0.15) is 0 Å². The first kappa shape index (κ1) is 14.5. The summed E-state index contributed by atoms with van der Waals surface area (Å²) >= 11 is 3.64. The Morgan fingerprint density at radius 2 is 1.62 bits per heavy atom. The zero-order valence-corrected chi connectivity index (χ0v) is 12.5. The highest BCUT2D eigenvalue weighted by Crippen LogP contribution is 2.13. The van der Waals surface area contributed by atoms with E-state index in [0.717, 1.165) is 11.2 Å². The number of hydrogen-bond donors (Lipinski definition) is 0. The lowest BCUT2D eigenvalue weighted by Gasteiger charge is -2.36. The molecule has 1 atom stereocenters. The lowest BCUT2D eigenvalue weighted by atomic mass is 10.1. The zero-order chi connectivity index (χ0) is 11.8. The molecular formula is C13H27BrN2. The van der Waals surface area contributed by atoms with Crippen LogP contribution in [-0.4, -0.2) is 54.4 Å². The van der Waals surface area contributed by atoms with Crippen LogP contribution >= 0.6 is 15.9 Å². The van der Waals surface area contributed by atoms with Gasteiger partial charge in [0.15, 0.2) is 0 Å². The normalized spacial score (nSPS) is 21.2. The van der Waals surface area contributed by atoms with Crippen molar-refractivity contribution in [1.29, 1.82) is 0 Å². The van der Waals surface area contributed by atoms with Gasteiger partial charge in [0.05, 0.1) is 0 Å².